The van der Waals surface area contributed by atoms with E-state index in [2.05, 4.69) is 4.98 Å². The summed E-state index contributed by atoms with van der Waals surface area (Å²) in [5, 5.41) is 9.61. The molecule has 2 aromatic carbocycles. The van der Waals surface area contributed by atoms with Crippen LogP contribution in [0.2, 0.25) is 0 Å². The highest BCUT2D eigenvalue weighted by molar-refractivity contribution is 5.96. The molecule has 7 nitrogen and oxygen atoms in total. The lowest BCUT2D eigenvalue weighted by Crippen LogP contribution is -2.24. The summed E-state index contributed by atoms with van der Waals surface area (Å²) in [5.74, 6) is -0.786. The van der Waals surface area contributed by atoms with Crippen LogP contribution in [0.15, 0.2) is 66.9 Å². The second kappa shape index (κ2) is 10.5. The number of nitrogens with zero attached hydrogens (tertiary/aromatic N) is 2. The number of carboxylic acids is 1. The van der Waals surface area contributed by atoms with Gasteiger partial charge in [0.15, 0.2) is 6.10 Å². The highest BCUT2D eigenvalue weighted by atomic mass is 16.5. The standard InChI is InChI=1S/C30H30N2O5/c1-19-12-17-25(32-18-26(36-2)31-28(19)32)27(37-30(35)22-8-4-3-5-9-22)21-15-13-20(14-16-21)23-10-6-7-11-24(23)29(33)34/h6-7,10-18,22,27H,3-5,8-9H2,1-2H3,(H,33,34)/t27-/m1/s1. The Kier molecular flexibility index (Phi) is 6.95. The number of ether oxygens (including phenoxy) is 2. The van der Waals surface area contributed by atoms with Gasteiger partial charge < -0.3 is 14.6 Å². The number of hydrogen-bond acceptors (Lipinski definition) is 5. The number of carbonyl (C=O) groups excluding carboxylic acids is 1. The number of aryl methyl sites for hydroxylation is 1. The topological polar surface area (TPSA) is 90.1 Å². The zero-order chi connectivity index (χ0) is 25.9. The maximum Gasteiger partial charge on any atom is 0.336 e. The monoisotopic (exact) mass is 498 g/mol. The molecule has 5 rings (SSSR count). The van der Waals surface area contributed by atoms with Gasteiger partial charge in [-0.3, -0.25) is 9.20 Å². The minimum atomic E-state index is -0.977. The lowest BCUT2D eigenvalue weighted by Gasteiger charge is -2.25. The van der Waals surface area contributed by atoms with Gasteiger partial charge >= 0.3 is 11.9 Å². The third-order valence-corrected chi connectivity index (χ3v) is 7.15. The Labute approximate surface area is 215 Å². The molecule has 37 heavy (non-hydrogen) atoms. The van der Waals surface area contributed by atoms with Gasteiger partial charge in [0.1, 0.15) is 5.65 Å². The predicted octanol–water partition coefficient (Wildman–Crippen LogP) is 6.23. The largest absolute Gasteiger partial charge is 0.480 e. The first kappa shape index (κ1) is 24.6. The van der Waals surface area contributed by atoms with Crippen LogP contribution in [0.1, 0.15) is 65.4 Å². The maximum absolute atomic E-state index is 13.3. The van der Waals surface area contributed by atoms with Crippen LogP contribution in [0.25, 0.3) is 16.8 Å². The van der Waals surface area contributed by atoms with Gasteiger partial charge in [-0.2, -0.15) is 4.98 Å². The van der Waals surface area contributed by atoms with Crippen molar-refractivity contribution in [2.75, 3.05) is 7.11 Å². The van der Waals surface area contributed by atoms with Gasteiger partial charge in [-0.15, -0.1) is 0 Å². The zero-order valence-corrected chi connectivity index (χ0v) is 21.0. The molecule has 0 spiro atoms. The van der Waals surface area contributed by atoms with E-state index >= 15 is 0 Å². The third kappa shape index (κ3) is 4.94. The Morgan fingerprint density at radius 1 is 1.00 bits per heavy atom. The number of methoxy groups -OCH3 is 1. The number of fused-ring (bicyclic) bond motifs is 1. The molecule has 190 valence electrons. The Morgan fingerprint density at radius 2 is 1.73 bits per heavy atom. The fourth-order valence-corrected chi connectivity index (χ4v) is 5.12. The minimum Gasteiger partial charge on any atom is -0.480 e. The third-order valence-electron chi connectivity index (χ3n) is 7.15. The molecular weight excluding hydrogens is 468 g/mol. The fourth-order valence-electron chi connectivity index (χ4n) is 5.12. The molecule has 0 amide bonds. The second-order valence-electron chi connectivity index (χ2n) is 9.54. The molecular formula is C30H30N2O5. The minimum absolute atomic E-state index is 0.101. The number of esters is 1. The van der Waals surface area contributed by atoms with E-state index < -0.39 is 12.1 Å². The number of hydrogen-bond donors (Lipinski definition) is 1. The number of carboxylic acid groups (broad SMARTS) is 1. The van der Waals surface area contributed by atoms with Crippen molar-refractivity contribution in [1.29, 1.82) is 0 Å². The van der Waals surface area contributed by atoms with Crippen LogP contribution >= 0.6 is 0 Å². The smallest absolute Gasteiger partial charge is 0.336 e. The molecule has 2 heterocycles. The van der Waals surface area contributed by atoms with Gasteiger partial charge in [-0.1, -0.05) is 67.8 Å². The van der Waals surface area contributed by atoms with E-state index in [4.69, 9.17) is 9.47 Å². The Hall–Kier alpha value is -4.13. The average Bonchev–Trinajstić information content (AvgIpc) is 3.38. The molecule has 1 aliphatic carbocycles. The van der Waals surface area contributed by atoms with Gasteiger partial charge in [0.2, 0.25) is 5.88 Å². The quantitative estimate of drug-likeness (QED) is 0.304. The molecule has 0 radical (unpaired) electrons. The summed E-state index contributed by atoms with van der Waals surface area (Å²) < 4.78 is 13.5. The zero-order valence-electron chi connectivity index (χ0n) is 21.0. The first-order chi connectivity index (χ1) is 18.0. The normalized spacial score (nSPS) is 14.9. The second-order valence-corrected chi connectivity index (χ2v) is 9.54. The Balaban J connectivity index is 1.57. The molecule has 7 heteroatoms. The Morgan fingerprint density at radius 3 is 2.43 bits per heavy atom. The van der Waals surface area contributed by atoms with Crippen molar-refractivity contribution in [3.8, 4) is 17.0 Å². The summed E-state index contributed by atoms with van der Waals surface area (Å²) in [6, 6.07) is 18.4. The fraction of sp³-hybridized carbons (Fsp3) is 0.300. The molecule has 4 aromatic rings. The van der Waals surface area contributed by atoms with Crippen molar-refractivity contribution in [1.82, 2.24) is 9.38 Å². The molecule has 0 unspecified atom stereocenters. The van der Waals surface area contributed by atoms with Gasteiger partial charge in [0.05, 0.1) is 30.5 Å². The number of aromatic nitrogens is 2. The van der Waals surface area contributed by atoms with Crippen molar-refractivity contribution >= 4 is 17.6 Å². The number of benzene rings is 2. The maximum atomic E-state index is 13.3. The molecule has 0 aliphatic heterocycles. The van der Waals surface area contributed by atoms with E-state index in [1.807, 2.05) is 53.8 Å². The van der Waals surface area contributed by atoms with Gasteiger partial charge in [-0.25, -0.2) is 4.79 Å². The molecule has 0 bridgehead atoms. The van der Waals surface area contributed by atoms with Crippen LogP contribution in [0.4, 0.5) is 0 Å². The van der Waals surface area contributed by atoms with E-state index in [1.54, 1.807) is 31.5 Å². The van der Waals surface area contributed by atoms with Crippen LogP contribution in [-0.2, 0) is 9.53 Å². The first-order valence-electron chi connectivity index (χ1n) is 12.6. The van der Waals surface area contributed by atoms with Gasteiger partial charge in [0.25, 0.3) is 0 Å². The van der Waals surface area contributed by atoms with Crippen molar-refractivity contribution in [3.05, 3.63) is 89.2 Å². The molecule has 1 N–H and O–H groups in total. The van der Waals surface area contributed by atoms with Crippen molar-refractivity contribution in [2.45, 2.75) is 45.1 Å². The summed E-state index contributed by atoms with van der Waals surface area (Å²) >= 11 is 0. The number of aromatic carboxylic acids is 1. The summed E-state index contributed by atoms with van der Waals surface area (Å²) in [5.41, 5.74) is 4.91. The van der Waals surface area contributed by atoms with E-state index in [-0.39, 0.29) is 17.5 Å². The summed E-state index contributed by atoms with van der Waals surface area (Å²) in [7, 11) is 1.57. The van der Waals surface area contributed by atoms with E-state index in [9.17, 15) is 14.7 Å². The van der Waals surface area contributed by atoms with E-state index in [0.717, 1.165) is 60.1 Å². The molecule has 1 fully saturated rings. The molecule has 1 saturated carbocycles. The molecule has 0 saturated heterocycles. The molecule has 1 atom stereocenters. The number of imidazole rings is 1. The number of carbonyl (C=O) groups is 2. The highest BCUT2D eigenvalue weighted by Crippen LogP contribution is 2.34. The number of pyridine rings is 1. The highest BCUT2D eigenvalue weighted by Gasteiger charge is 2.29. The van der Waals surface area contributed by atoms with Crippen molar-refractivity contribution in [3.63, 3.8) is 0 Å². The predicted molar refractivity (Wildman–Crippen MR) is 140 cm³/mol. The lowest BCUT2D eigenvalue weighted by atomic mass is 9.89. The van der Waals surface area contributed by atoms with Crippen molar-refractivity contribution < 1.29 is 24.2 Å². The van der Waals surface area contributed by atoms with Crippen molar-refractivity contribution in [2.24, 2.45) is 5.92 Å². The summed E-state index contributed by atoms with van der Waals surface area (Å²) in [6.45, 7) is 1.98. The van der Waals surface area contributed by atoms with Crippen LogP contribution in [0, 0.1) is 12.8 Å². The molecule has 1 aliphatic rings. The first-order valence-corrected chi connectivity index (χ1v) is 12.6. The molecule has 2 aromatic heterocycles. The number of rotatable bonds is 7. The van der Waals surface area contributed by atoms with Crippen LogP contribution in [-0.4, -0.2) is 33.5 Å². The average molecular weight is 499 g/mol. The van der Waals surface area contributed by atoms with Gasteiger partial charge in [-0.05, 0) is 54.2 Å². The van der Waals surface area contributed by atoms with Gasteiger partial charge in [0, 0.05) is 0 Å². The van der Waals surface area contributed by atoms with E-state index in [1.165, 1.54) is 0 Å². The van der Waals surface area contributed by atoms with E-state index in [0.29, 0.717) is 11.4 Å². The van der Waals surface area contributed by atoms with Crippen LogP contribution in [0.3, 0.4) is 0 Å². The lowest BCUT2D eigenvalue weighted by molar-refractivity contribution is -0.153. The summed E-state index contributed by atoms with van der Waals surface area (Å²) in [4.78, 5) is 29.6. The SMILES string of the molecule is COc1cn2c([C@H](OC(=O)C3CCCCC3)c3ccc(-c4ccccc4C(=O)O)cc3)ccc(C)c2n1. The van der Waals surface area contributed by atoms with Crippen LogP contribution in [0.5, 0.6) is 5.88 Å². The Bertz CT molecular complexity index is 1430. The van der Waals surface area contributed by atoms with Crippen LogP contribution < -0.4 is 4.74 Å². The summed E-state index contributed by atoms with van der Waals surface area (Å²) in [6.07, 6.45) is 6.05.